The van der Waals surface area contributed by atoms with Gasteiger partial charge in [-0.05, 0) is 6.07 Å². The molecule has 156 valence electrons. The summed E-state index contributed by atoms with van der Waals surface area (Å²) in [5, 5.41) is 7.33. The smallest absolute Gasteiger partial charge is 0.321 e. The summed E-state index contributed by atoms with van der Waals surface area (Å²) >= 11 is 0. The second kappa shape index (κ2) is 10.5. The van der Waals surface area contributed by atoms with Crippen molar-refractivity contribution in [3.05, 3.63) is 66.4 Å². The normalized spacial score (nSPS) is 13.4. The molecule has 2 N–H and O–H groups in total. The average molecular weight is 406 g/mol. The number of amides is 2. The van der Waals surface area contributed by atoms with Gasteiger partial charge in [0.15, 0.2) is 0 Å². The fourth-order valence-corrected chi connectivity index (χ4v) is 3.10. The number of rotatable bonds is 2. The Morgan fingerprint density at radius 3 is 2.28 bits per heavy atom. The van der Waals surface area contributed by atoms with Crippen molar-refractivity contribution in [1.82, 2.24) is 14.8 Å². The van der Waals surface area contributed by atoms with Crippen molar-refractivity contribution < 1.29 is 18.3 Å². The third-order valence-electron chi connectivity index (χ3n) is 4.59. The van der Waals surface area contributed by atoms with Gasteiger partial charge in [0.2, 0.25) is 0 Å². The van der Waals surface area contributed by atoms with Gasteiger partial charge in [-0.2, -0.15) is 0 Å². The van der Waals surface area contributed by atoms with E-state index in [1.807, 2.05) is 40.9 Å². The van der Waals surface area contributed by atoms with Gasteiger partial charge in [0, 0.05) is 55.9 Å². The Balaban J connectivity index is 0.000000255. The maximum absolute atomic E-state index is 12.2. The number of carbonyl (C=O) groups excluding carboxylic acids is 1. The number of hydrogen-bond acceptors (Lipinski definition) is 2. The Bertz CT molecular complexity index is 909. The first-order valence-corrected chi connectivity index (χ1v) is 9.20. The van der Waals surface area contributed by atoms with Gasteiger partial charge in [0.1, 0.15) is 0 Å². The Labute approximate surface area is 167 Å². The minimum absolute atomic E-state index is 0. The number of benzene rings is 2. The minimum Gasteiger partial charge on any atom is -0.348 e. The van der Waals surface area contributed by atoms with E-state index in [0.717, 1.165) is 42.8 Å². The molecule has 0 unspecified atom stereocenters. The lowest BCUT2D eigenvalue weighted by molar-refractivity contribution is 0.151. The third kappa shape index (κ3) is 5.74. The molecular formula is C21H25F3N4O. The highest BCUT2D eigenvalue weighted by Crippen LogP contribution is 2.25. The van der Waals surface area contributed by atoms with Crippen LogP contribution in [0.25, 0.3) is 10.9 Å². The van der Waals surface area contributed by atoms with E-state index in [2.05, 4.69) is 16.7 Å². The average Bonchev–Trinajstić information content (AvgIpc) is 3.05. The van der Waals surface area contributed by atoms with Crippen LogP contribution in [0.3, 0.4) is 0 Å². The van der Waals surface area contributed by atoms with Gasteiger partial charge in [-0.1, -0.05) is 48.5 Å². The summed E-state index contributed by atoms with van der Waals surface area (Å²) in [4.78, 5) is 14.0. The summed E-state index contributed by atoms with van der Waals surface area (Å²) in [6, 6.07) is 15.8. The van der Waals surface area contributed by atoms with Crippen LogP contribution in [0.5, 0.6) is 0 Å². The van der Waals surface area contributed by atoms with Gasteiger partial charge in [-0.25, -0.2) is 13.6 Å². The first-order valence-electron chi connectivity index (χ1n) is 9.20. The highest BCUT2D eigenvalue weighted by atomic mass is 19.3. The van der Waals surface area contributed by atoms with Crippen LogP contribution < -0.4 is 10.6 Å². The number of hydrogen-bond donors (Lipinski definition) is 2. The Kier molecular flexibility index (Phi) is 8.09. The van der Waals surface area contributed by atoms with E-state index in [1.54, 1.807) is 18.2 Å². The van der Waals surface area contributed by atoms with E-state index >= 15 is 0 Å². The summed E-state index contributed by atoms with van der Waals surface area (Å²) in [5.74, 6) is 0. The SMILES string of the molecule is Cn1cc(NC(=O)N2CCNCC2)c2ccccc21.F.FC(F)c1ccccc1. The third-order valence-corrected chi connectivity index (χ3v) is 4.59. The number of fused-ring (bicyclic) bond motifs is 1. The Hall–Kier alpha value is -3.00. The van der Waals surface area contributed by atoms with Crippen molar-refractivity contribution in [2.24, 2.45) is 7.05 Å². The lowest BCUT2D eigenvalue weighted by atomic mass is 10.2. The van der Waals surface area contributed by atoms with Crippen molar-refractivity contribution in [2.45, 2.75) is 6.43 Å². The lowest BCUT2D eigenvalue weighted by Crippen LogP contribution is -2.48. The summed E-state index contributed by atoms with van der Waals surface area (Å²) in [5.41, 5.74) is 2.08. The van der Waals surface area contributed by atoms with Crippen LogP contribution in [0.2, 0.25) is 0 Å². The largest absolute Gasteiger partial charge is 0.348 e. The van der Waals surface area contributed by atoms with Crippen molar-refractivity contribution in [2.75, 3.05) is 31.5 Å². The number of urea groups is 1. The lowest BCUT2D eigenvalue weighted by Gasteiger charge is -2.27. The van der Waals surface area contributed by atoms with Crippen LogP contribution >= 0.6 is 0 Å². The predicted molar refractivity (Wildman–Crippen MR) is 110 cm³/mol. The second-order valence-corrected chi connectivity index (χ2v) is 6.55. The number of para-hydroxylation sites is 1. The first-order chi connectivity index (χ1) is 13.6. The van der Waals surface area contributed by atoms with Gasteiger partial charge in [-0.3, -0.25) is 4.70 Å². The van der Waals surface area contributed by atoms with E-state index in [9.17, 15) is 13.6 Å². The summed E-state index contributed by atoms with van der Waals surface area (Å²) in [7, 11) is 1.99. The molecule has 3 aromatic rings. The molecule has 8 heteroatoms. The molecule has 0 aliphatic carbocycles. The number of aromatic nitrogens is 1. The molecule has 0 bridgehead atoms. The van der Waals surface area contributed by atoms with Crippen LogP contribution in [0, 0.1) is 0 Å². The first kappa shape index (κ1) is 22.3. The van der Waals surface area contributed by atoms with Crippen LogP contribution in [0.15, 0.2) is 60.8 Å². The number of nitrogens with one attached hydrogen (secondary N) is 2. The van der Waals surface area contributed by atoms with Crippen LogP contribution in [0.1, 0.15) is 12.0 Å². The number of aryl methyl sites for hydroxylation is 1. The highest BCUT2D eigenvalue weighted by Gasteiger charge is 2.17. The molecule has 0 radical (unpaired) electrons. The van der Waals surface area contributed by atoms with Crippen LogP contribution in [0.4, 0.5) is 24.0 Å². The minimum atomic E-state index is -2.34. The molecule has 4 rings (SSSR count). The summed E-state index contributed by atoms with van der Waals surface area (Å²) in [6.45, 7) is 3.25. The Morgan fingerprint density at radius 2 is 1.66 bits per heavy atom. The molecule has 1 aliphatic heterocycles. The number of alkyl halides is 2. The number of piperazine rings is 1. The topological polar surface area (TPSA) is 49.3 Å². The van der Waals surface area contributed by atoms with Crippen molar-refractivity contribution in [3.8, 4) is 0 Å². The van der Waals surface area contributed by atoms with Crippen LogP contribution in [-0.4, -0.2) is 41.7 Å². The molecule has 2 heterocycles. The fourth-order valence-electron chi connectivity index (χ4n) is 3.10. The maximum Gasteiger partial charge on any atom is 0.321 e. The quantitative estimate of drug-likeness (QED) is 0.663. The molecule has 29 heavy (non-hydrogen) atoms. The van der Waals surface area contributed by atoms with E-state index in [-0.39, 0.29) is 16.3 Å². The van der Waals surface area contributed by atoms with Gasteiger partial charge >= 0.3 is 6.03 Å². The van der Waals surface area contributed by atoms with Crippen LogP contribution in [-0.2, 0) is 7.05 Å². The molecule has 0 spiro atoms. The monoisotopic (exact) mass is 406 g/mol. The molecular weight excluding hydrogens is 381 g/mol. The summed E-state index contributed by atoms with van der Waals surface area (Å²) in [6.07, 6.45) is -0.378. The Morgan fingerprint density at radius 1 is 1.03 bits per heavy atom. The number of anilines is 1. The number of halogens is 3. The molecule has 1 aliphatic rings. The number of nitrogens with zero attached hydrogens (tertiary/aromatic N) is 2. The van der Waals surface area contributed by atoms with E-state index in [1.165, 1.54) is 12.1 Å². The highest BCUT2D eigenvalue weighted by molar-refractivity contribution is 6.01. The zero-order valence-electron chi connectivity index (χ0n) is 16.1. The summed E-state index contributed by atoms with van der Waals surface area (Å²) < 4.78 is 25.6. The fraction of sp³-hybridized carbons (Fsp3) is 0.286. The van der Waals surface area contributed by atoms with Crippen molar-refractivity contribution in [3.63, 3.8) is 0 Å². The molecule has 2 aromatic carbocycles. The maximum atomic E-state index is 12.2. The standard InChI is InChI=1S/C14H18N4O.C7H6F2.FH/c1-17-10-12(11-4-2-3-5-13(11)17)16-14(19)18-8-6-15-7-9-18;8-7(9)6-4-2-1-3-5-6;/h2-5,10,15H,6-9H2,1H3,(H,16,19);1-5,7H;1H. The predicted octanol–water partition coefficient (Wildman–Crippen LogP) is 4.39. The molecule has 1 fully saturated rings. The molecule has 2 amide bonds. The van der Waals surface area contributed by atoms with E-state index in [0.29, 0.717) is 0 Å². The van der Waals surface area contributed by atoms with E-state index < -0.39 is 6.43 Å². The molecule has 0 atom stereocenters. The van der Waals surface area contributed by atoms with E-state index in [4.69, 9.17) is 0 Å². The molecule has 1 aromatic heterocycles. The van der Waals surface area contributed by atoms with Gasteiger partial charge in [0.25, 0.3) is 6.43 Å². The zero-order valence-corrected chi connectivity index (χ0v) is 16.1. The molecule has 0 saturated carbocycles. The zero-order chi connectivity index (χ0) is 19.9. The molecule has 5 nitrogen and oxygen atoms in total. The number of carbonyl (C=O) groups is 1. The van der Waals surface area contributed by atoms with Crippen molar-refractivity contribution in [1.29, 1.82) is 0 Å². The van der Waals surface area contributed by atoms with Gasteiger partial charge in [-0.15, -0.1) is 0 Å². The van der Waals surface area contributed by atoms with Gasteiger partial charge in [0.05, 0.1) is 5.69 Å². The second-order valence-electron chi connectivity index (χ2n) is 6.55. The van der Waals surface area contributed by atoms with Crippen molar-refractivity contribution >= 4 is 22.6 Å². The van der Waals surface area contributed by atoms with Gasteiger partial charge < -0.3 is 20.1 Å². The molecule has 1 saturated heterocycles.